The van der Waals surface area contributed by atoms with Crippen LogP contribution in [0.25, 0.3) is 20.7 Å². The molecule has 0 aliphatic heterocycles. The summed E-state index contributed by atoms with van der Waals surface area (Å²) in [6.07, 6.45) is 2.40. The van der Waals surface area contributed by atoms with Gasteiger partial charge in [0.2, 0.25) is 0 Å². The lowest BCUT2D eigenvalue weighted by atomic mass is 10.2. The second-order valence-electron chi connectivity index (χ2n) is 4.30. The molecule has 0 atom stereocenters. The lowest BCUT2D eigenvalue weighted by Gasteiger charge is -1.99. The Morgan fingerprint density at radius 1 is 1.15 bits per heavy atom. The number of fused-ring (bicyclic) bond motifs is 1. The van der Waals surface area contributed by atoms with Crippen molar-refractivity contribution in [2.45, 2.75) is 11.4 Å². The molecule has 102 valence electrons. The molecule has 20 heavy (non-hydrogen) atoms. The minimum atomic E-state index is 0.222. The molecule has 3 nitrogen and oxygen atoms in total. The molecule has 0 bridgehead atoms. The summed E-state index contributed by atoms with van der Waals surface area (Å²) in [5.74, 6) is 0.874. The summed E-state index contributed by atoms with van der Waals surface area (Å²) < 4.78 is 0. The number of nitrogens with zero attached hydrogens (tertiary/aromatic N) is 2. The second-order valence-corrected chi connectivity index (χ2v) is 6.41. The molecule has 0 amide bonds. The number of benzene rings is 1. The molecule has 0 unspecified atom stereocenters. The smallest absolute Gasteiger partial charge is 0.128 e. The third-order valence-electron chi connectivity index (χ3n) is 2.89. The van der Waals surface area contributed by atoms with E-state index in [4.69, 9.17) is 5.11 Å². The van der Waals surface area contributed by atoms with Crippen LogP contribution in [-0.2, 0) is 0 Å². The molecule has 1 aromatic carbocycles. The van der Waals surface area contributed by atoms with Crippen molar-refractivity contribution in [3.8, 4) is 10.4 Å². The van der Waals surface area contributed by atoms with Gasteiger partial charge in [-0.2, -0.15) is 0 Å². The zero-order valence-corrected chi connectivity index (χ0v) is 12.5. The average molecular weight is 302 g/mol. The first-order valence-corrected chi connectivity index (χ1v) is 8.22. The van der Waals surface area contributed by atoms with Crippen LogP contribution in [0.3, 0.4) is 0 Å². The van der Waals surface area contributed by atoms with Gasteiger partial charge < -0.3 is 5.11 Å². The zero-order valence-electron chi connectivity index (χ0n) is 10.8. The quantitative estimate of drug-likeness (QED) is 0.442. The average Bonchev–Trinajstić information content (AvgIpc) is 2.93. The molecular weight excluding hydrogens is 288 g/mol. The lowest BCUT2D eigenvalue weighted by molar-refractivity contribution is 0.296. The molecule has 0 spiro atoms. The van der Waals surface area contributed by atoms with Gasteiger partial charge in [0.25, 0.3) is 0 Å². The maximum absolute atomic E-state index is 8.87. The maximum atomic E-state index is 8.87. The van der Waals surface area contributed by atoms with E-state index >= 15 is 0 Å². The first kappa shape index (κ1) is 13.5. The van der Waals surface area contributed by atoms with Crippen LogP contribution in [0.15, 0.2) is 47.8 Å². The highest BCUT2D eigenvalue weighted by atomic mass is 32.2. The van der Waals surface area contributed by atoms with E-state index in [-0.39, 0.29) is 6.61 Å². The molecule has 2 heterocycles. The summed E-state index contributed by atoms with van der Waals surface area (Å²) in [4.78, 5) is 11.0. The summed E-state index contributed by atoms with van der Waals surface area (Å²) in [6, 6.07) is 12.5. The van der Waals surface area contributed by atoms with E-state index in [1.807, 2.05) is 18.2 Å². The van der Waals surface area contributed by atoms with Gasteiger partial charge in [0, 0.05) is 22.6 Å². The Hall–Kier alpha value is -1.43. The van der Waals surface area contributed by atoms with Crippen LogP contribution in [0, 0.1) is 0 Å². The molecule has 0 saturated carbocycles. The van der Waals surface area contributed by atoms with Gasteiger partial charge in [-0.3, -0.25) is 0 Å². The minimum absolute atomic E-state index is 0.222. The number of thiophene rings is 1. The monoisotopic (exact) mass is 302 g/mol. The van der Waals surface area contributed by atoms with Crippen LogP contribution in [-0.4, -0.2) is 27.4 Å². The van der Waals surface area contributed by atoms with Gasteiger partial charge in [-0.05, 0) is 18.1 Å². The van der Waals surface area contributed by atoms with Crippen molar-refractivity contribution in [2.24, 2.45) is 0 Å². The fourth-order valence-corrected chi connectivity index (χ4v) is 3.90. The van der Waals surface area contributed by atoms with E-state index in [9.17, 15) is 0 Å². The third kappa shape index (κ3) is 2.85. The van der Waals surface area contributed by atoms with Crippen molar-refractivity contribution in [2.75, 3.05) is 12.4 Å². The van der Waals surface area contributed by atoms with Gasteiger partial charge in [0.1, 0.15) is 16.2 Å². The number of hydrogen-bond acceptors (Lipinski definition) is 5. The Bertz CT molecular complexity index is 697. The normalized spacial score (nSPS) is 11.1. The second kappa shape index (κ2) is 6.35. The van der Waals surface area contributed by atoms with Gasteiger partial charge in [-0.15, -0.1) is 23.1 Å². The molecule has 0 fully saturated rings. The van der Waals surface area contributed by atoms with Crippen LogP contribution in [0.1, 0.15) is 6.42 Å². The highest BCUT2D eigenvalue weighted by Gasteiger charge is 2.10. The highest BCUT2D eigenvalue weighted by molar-refractivity contribution is 7.99. The SMILES string of the molecule is OCCCSc1ncnc2sc(-c3ccccc3)cc12. The number of thioether (sulfide) groups is 1. The van der Waals surface area contributed by atoms with Crippen molar-refractivity contribution < 1.29 is 5.11 Å². The Balaban J connectivity index is 1.96. The van der Waals surface area contributed by atoms with Crippen molar-refractivity contribution in [1.29, 1.82) is 0 Å². The molecule has 1 N–H and O–H groups in total. The number of aromatic nitrogens is 2. The Kier molecular flexibility index (Phi) is 4.30. The summed E-state index contributed by atoms with van der Waals surface area (Å²) in [6.45, 7) is 0.222. The molecular formula is C15H14N2OS2. The zero-order chi connectivity index (χ0) is 13.8. The fraction of sp³-hybridized carbons (Fsp3) is 0.200. The van der Waals surface area contributed by atoms with Crippen LogP contribution < -0.4 is 0 Å². The van der Waals surface area contributed by atoms with E-state index in [2.05, 4.69) is 28.2 Å². The van der Waals surface area contributed by atoms with Crippen LogP contribution >= 0.6 is 23.1 Å². The van der Waals surface area contributed by atoms with Gasteiger partial charge in [-0.25, -0.2) is 9.97 Å². The summed E-state index contributed by atoms with van der Waals surface area (Å²) in [5, 5.41) is 11.0. The first-order chi connectivity index (χ1) is 9.88. The third-order valence-corrected chi connectivity index (χ3v) is 5.08. The van der Waals surface area contributed by atoms with Crippen molar-refractivity contribution >= 4 is 33.3 Å². The first-order valence-electron chi connectivity index (χ1n) is 6.42. The predicted octanol–water partition coefficient (Wildman–Crippen LogP) is 3.83. The highest BCUT2D eigenvalue weighted by Crippen LogP contribution is 2.36. The number of rotatable bonds is 5. The molecule has 3 aromatic rings. The molecule has 5 heteroatoms. The Labute approximate surface area is 125 Å². The van der Waals surface area contributed by atoms with Crippen molar-refractivity contribution in [3.63, 3.8) is 0 Å². The summed E-state index contributed by atoms with van der Waals surface area (Å²) in [7, 11) is 0. The van der Waals surface area contributed by atoms with E-state index in [1.165, 1.54) is 10.4 Å². The fourth-order valence-electron chi connectivity index (χ4n) is 1.93. The standard InChI is InChI=1S/C15H14N2OS2/c18-7-4-8-19-14-12-9-13(11-5-2-1-3-6-11)20-15(12)17-10-16-14/h1-3,5-6,9-10,18H,4,7-8H2. The number of aliphatic hydroxyl groups is 1. The van der Waals surface area contributed by atoms with Crippen LogP contribution in [0.5, 0.6) is 0 Å². The van der Waals surface area contributed by atoms with Crippen molar-refractivity contribution in [3.05, 3.63) is 42.7 Å². The largest absolute Gasteiger partial charge is 0.396 e. The van der Waals surface area contributed by atoms with E-state index in [1.54, 1.807) is 29.4 Å². The molecule has 0 aliphatic rings. The minimum Gasteiger partial charge on any atom is -0.396 e. The lowest BCUT2D eigenvalue weighted by Crippen LogP contribution is -1.88. The van der Waals surface area contributed by atoms with Gasteiger partial charge in [0.05, 0.1) is 0 Å². The van der Waals surface area contributed by atoms with Crippen LogP contribution in [0.2, 0.25) is 0 Å². The molecule has 0 radical (unpaired) electrons. The molecule has 2 aromatic heterocycles. The Morgan fingerprint density at radius 2 is 2.00 bits per heavy atom. The number of hydrogen-bond donors (Lipinski definition) is 1. The van der Waals surface area contributed by atoms with E-state index < -0.39 is 0 Å². The van der Waals surface area contributed by atoms with Gasteiger partial charge >= 0.3 is 0 Å². The topological polar surface area (TPSA) is 46.0 Å². The molecule has 0 aliphatic carbocycles. The van der Waals surface area contributed by atoms with Gasteiger partial charge in [-0.1, -0.05) is 30.3 Å². The van der Waals surface area contributed by atoms with Crippen LogP contribution in [0.4, 0.5) is 0 Å². The van der Waals surface area contributed by atoms with E-state index in [0.717, 1.165) is 27.4 Å². The van der Waals surface area contributed by atoms with Gasteiger partial charge in [0.15, 0.2) is 0 Å². The number of aliphatic hydroxyl groups excluding tert-OH is 1. The summed E-state index contributed by atoms with van der Waals surface area (Å²) >= 11 is 3.37. The van der Waals surface area contributed by atoms with E-state index in [0.29, 0.717) is 0 Å². The molecule has 3 rings (SSSR count). The van der Waals surface area contributed by atoms with Crippen molar-refractivity contribution in [1.82, 2.24) is 9.97 Å². The Morgan fingerprint density at radius 3 is 2.80 bits per heavy atom. The maximum Gasteiger partial charge on any atom is 0.128 e. The summed E-state index contributed by atoms with van der Waals surface area (Å²) in [5.41, 5.74) is 1.21. The predicted molar refractivity (Wildman–Crippen MR) is 85.3 cm³/mol. The molecule has 0 saturated heterocycles.